The van der Waals surface area contributed by atoms with Gasteiger partial charge in [0.1, 0.15) is 10.7 Å². The Hall–Kier alpha value is -2.67. The SMILES string of the molecule is O=C(COc1nccnc1C(F)(F)F)N1CCC(c2csc(C3=NOC(c4c(Cl)cc(Cl)cc4Cl)C3)n2)CC1. The fourth-order valence-corrected chi connectivity index (χ4v) is 6.35. The van der Waals surface area contributed by atoms with E-state index in [-0.39, 0.29) is 5.92 Å². The molecule has 2 aliphatic rings. The van der Waals surface area contributed by atoms with Gasteiger partial charge >= 0.3 is 6.18 Å². The van der Waals surface area contributed by atoms with Gasteiger partial charge in [0, 0.05) is 53.8 Å². The largest absolute Gasteiger partial charge is 0.466 e. The van der Waals surface area contributed by atoms with Crippen LogP contribution in [0.4, 0.5) is 13.2 Å². The standard InChI is InChI=1S/C24H19Cl3F3N5O3S/c25-13-7-14(26)20(15(27)8-13)18-9-16(34-38-18)23-33-17(11-39-23)12-1-5-35(6-2-12)19(36)10-37-22-21(24(28,29)30)31-3-4-32-22/h3-4,7-8,11-12,18H,1-2,5-6,9-10H2. The summed E-state index contributed by atoms with van der Waals surface area (Å²) < 4.78 is 44.3. The number of oxime groups is 1. The van der Waals surface area contributed by atoms with Gasteiger partial charge in [-0.05, 0) is 25.0 Å². The van der Waals surface area contributed by atoms with Crippen molar-refractivity contribution in [3.05, 3.63) is 66.9 Å². The lowest BCUT2D eigenvalue weighted by Crippen LogP contribution is -2.40. The predicted molar refractivity (Wildman–Crippen MR) is 140 cm³/mol. The van der Waals surface area contributed by atoms with Gasteiger partial charge in [0.2, 0.25) is 11.6 Å². The Balaban J connectivity index is 1.14. The molecule has 1 fully saturated rings. The average Bonchev–Trinajstić information content (AvgIpc) is 3.57. The van der Waals surface area contributed by atoms with Gasteiger partial charge in [-0.25, -0.2) is 15.0 Å². The van der Waals surface area contributed by atoms with E-state index in [9.17, 15) is 18.0 Å². The Bertz CT molecular complexity index is 1390. The van der Waals surface area contributed by atoms with Crippen LogP contribution in [-0.2, 0) is 15.8 Å². The summed E-state index contributed by atoms with van der Waals surface area (Å²) in [5.74, 6) is -1.02. The molecule has 0 bridgehead atoms. The molecule has 3 aromatic rings. The smallest absolute Gasteiger partial charge is 0.438 e. The lowest BCUT2D eigenvalue weighted by molar-refractivity contribution is -0.144. The zero-order valence-corrected chi connectivity index (χ0v) is 23.0. The summed E-state index contributed by atoms with van der Waals surface area (Å²) in [6, 6.07) is 3.21. The molecule has 0 radical (unpaired) electrons. The zero-order chi connectivity index (χ0) is 27.7. The molecule has 1 unspecified atom stereocenters. The lowest BCUT2D eigenvalue weighted by Gasteiger charge is -2.31. The maximum Gasteiger partial charge on any atom is 0.438 e. The summed E-state index contributed by atoms with van der Waals surface area (Å²) >= 11 is 20.1. The number of halogens is 6. The highest BCUT2D eigenvalue weighted by Gasteiger charge is 2.38. The Kier molecular flexibility index (Phi) is 8.18. The van der Waals surface area contributed by atoms with Gasteiger partial charge in [0.05, 0.1) is 15.7 Å². The van der Waals surface area contributed by atoms with Crippen molar-refractivity contribution in [2.45, 2.75) is 37.5 Å². The van der Waals surface area contributed by atoms with Gasteiger partial charge in [-0.2, -0.15) is 13.2 Å². The molecule has 0 N–H and O–H groups in total. The quantitative estimate of drug-likeness (QED) is 0.310. The van der Waals surface area contributed by atoms with Crippen molar-refractivity contribution in [1.29, 1.82) is 0 Å². The minimum Gasteiger partial charge on any atom is -0.466 e. The summed E-state index contributed by atoms with van der Waals surface area (Å²) in [7, 11) is 0. The summed E-state index contributed by atoms with van der Waals surface area (Å²) in [6.07, 6.45) is -1.44. The second-order valence-electron chi connectivity index (χ2n) is 8.85. The highest BCUT2D eigenvalue weighted by atomic mass is 35.5. The number of thiazole rings is 1. The second-order valence-corrected chi connectivity index (χ2v) is 11.0. The van der Waals surface area contributed by atoms with Crippen molar-refractivity contribution in [2.75, 3.05) is 19.7 Å². The molecule has 0 spiro atoms. The minimum absolute atomic E-state index is 0.121. The summed E-state index contributed by atoms with van der Waals surface area (Å²) in [4.78, 5) is 31.3. The number of alkyl halides is 3. The first-order valence-electron chi connectivity index (χ1n) is 11.7. The number of hydrogen-bond donors (Lipinski definition) is 0. The maximum absolute atomic E-state index is 13.1. The number of likely N-dealkylation sites (tertiary alicyclic amines) is 1. The van der Waals surface area contributed by atoms with E-state index in [0.717, 1.165) is 23.1 Å². The van der Waals surface area contributed by atoms with Crippen molar-refractivity contribution >= 4 is 57.8 Å². The van der Waals surface area contributed by atoms with E-state index < -0.39 is 36.4 Å². The molecular weight excluding hydrogens is 602 g/mol. The number of hydrogen-bond acceptors (Lipinski definition) is 8. The summed E-state index contributed by atoms with van der Waals surface area (Å²) in [5, 5.41) is 8.12. The zero-order valence-electron chi connectivity index (χ0n) is 19.9. The first-order valence-corrected chi connectivity index (χ1v) is 13.7. The number of carbonyl (C=O) groups is 1. The number of amides is 1. The van der Waals surface area contributed by atoms with Crippen LogP contribution in [0.25, 0.3) is 0 Å². The third-order valence-electron chi connectivity index (χ3n) is 6.33. The average molecular weight is 621 g/mol. The summed E-state index contributed by atoms with van der Waals surface area (Å²) in [6.45, 7) is 0.286. The van der Waals surface area contributed by atoms with E-state index in [1.54, 1.807) is 17.0 Å². The Morgan fingerprint density at radius 3 is 2.51 bits per heavy atom. The Labute approximate surface area is 239 Å². The van der Waals surface area contributed by atoms with Crippen LogP contribution in [0.3, 0.4) is 0 Å². The molecule has 5 rings (SSSR count). The summed E-state index contributed by atoms with van der Waals surface area (Å²) in [5.41, 5.74) is 0.929. The van der Waals surface area contributed by atoms with Crippen molar-refractivity contribution in [3.8, 4) is 5.88 Å². The van der Waals surface area contributed by atoms with Crippen LogP contribution >= 0.6 is 46.1 Å². The molecule has 39 heavy (non-hydrogen) atoms. The molecule has 1 aromatic carbocycles. The van der Waals surface area contributed by atoms with Crippen LogP contribution in [0.1, 0.15) is 53.2 Å². The van der Waals surface area contributed by atoms with Crippen LogP contribution in [0.2, 0.25) is 15.1 Å². The third-order valence-corrected chi connectivity index (χ3v) is 8.09. The van der Waals surface area contributed by atoms with Crippen molar-refractivity contribution in [2.24, 2.45) is 5.16 Å². The Morgan fingerprint density at radius 1 is 1.13 bits per heavy atom. The molecule has 8 nitrogen and oxygen atoms in total. The number of carbonyl (C=O) groups excluding carboxylic acids is 1. The first kappa shape index (κ1) is 27.9. The fraction of sp³-hybridized carbons (Fsp3) is 0.375. The normalized spacial score (nSPS) is 18.2. The van der Waals surface area contributed by atoms with Crippen LogP contribution in [0, 0.1) is 0 Å². The van der Waals surface area contributed by atoms with E-state index in [4.69, 9.17) is 49.4 Å². The number of ether oxygens (including phenoxy) is 1. The number of rotatable bonds is 6. The van der Waals surface area contributed by atoms with E-state index in [2.05, 4.69) is 15.1 Å². The van der Waals surface area contributed by atoms with Gasteiger partial charge in [-0.1, -0.05) is 40.0 Å². The van der Waals surface area contributed by atoms with Crippen LogP contribution in [-0.4, -0.2) is 51.2 Å². The topological polar surface area (TPSA) is 89.8 Å². The third kappa shape index (κ3) is 6.24. The van der Waals surface area contributed by atoms with E-state index in [0.29, 0.717) is 58.7 Å². The number of aromatic nitrogens is 3. The van der Waals surface area contributed by atoms with Gasteiger partial charge in [-0.3, -0.25) is 4.79 Å². The van der Waals surface area contributed by atoms with Crippen molar-refractivity contribution in [1.82, 2.24) is 19.9 Å². The van der Waals surface area contributed by atoms with E-state index >= 15 is 0 Å². The molecule has 15 heteroatoms. The van der Waals surface area contributed by atoms with E-state index in [1.807, 2.05) is 5.38 Å². The highest BCUT2D eigenvalue weighted by molar-refractivity contribution is 7.11. The molecule has 0 aliphatic carbocycles. The molecule has 1 amide bonds. The minimum atomic E-state index is -4.73. The molecule has 1 atom stereocenters. The lowest BCUT2D eigenvalue weighted by atomic mass is 9.94. The molecule has 0 saturated carbocycles. The van der Waals surface area contributed by atoms with Crippen LogP contribution < -0.4 is 4.74 Å². The molecule has 1 saturated heterocycles. The van der Waals surface area contributed by atoms with Crippen LogP contribution in [0.5, 0.6) is 5.88 Å². The monoisotopic (exact) mass is 619 g/mol. The number of nitrogens with zero attached hydrogens (tertiary/aromatic N) is 5. The van der Waals surface area contributed by atoms with Gasteiger partial charge < -0.3 is 14.5 Å². The van der Waals surface area contributed by atoms with Crippen molar-refractivity contribution < 1.29 is 27.5 Å². The molecular formula is C24H19Cl3F3N5O3S. The van der Waals surface area contributed by atoms with Crippen LogP contribution in [0.15, 0.2) is 35.1 Å². The number of piperidine rings is 1. The predicted octanol–water partition coefficient (Wildman–Crippen LogP) is 6.56. The molecule has 206 valence electrons. The molecule has 2 aliphatic heterocycles. The van der Waals surface area contributed by atoms with Gasteiger partial charge in [0.15, 0.2) is 12.7 Å². The number of benzene rings is 1. The van der Waals surface area contributed by atoms with E-state index in [1.165, 1.54) is 11.3 Å². The van der Waals surface area contributed by atoms with Crippen molar-refractivity contribution in [3.63, 3.8) is 0 Å². The van der Waals surface area contributed by atoms with Gasteiger partial charge in [0.25, 0.3) is 5.91 Å². The second kappa shape index (κ2) is 11.4. The molecule has 4 heterocycles. The first-order chi connectivity index (χ1) is 18.6. The van der Waals surface area contributed by atoms with Gasteiger partial charge in [-0.15, -0.1) is 11.3 Å². The fourth-order valence-electron chi connectivity index (χ4n) is 4.40. The molecule has 2 aromatic heterocycles. The maximum atomic E-state index is 13.1. The Morgan fingerprint density at radius 2 is 1.82 bits per heavy atom. The highest BCUT2D eigenvalue weighted by Crippen LogP contribution is 2.40.